The predicted octanol–water partition coefficient (Wildman–Crippen LogP) is 3.02. The van der Waals surface area contributed by atoms with Crippen LogP contribution in [0.15, 0.2) is 48.5 Å². The average molecular weight is 397 g/mol. The fourth-order valence-electron chi connectivity index (χ4n) is 3.03. The van der Waals surface area contributed by atoms with Crippen molar-refractivity contribution in [1.29, 1.82) is 0 Å². The van der Waals surface area contributed by atoms with Crippen LogP contribution >= 0.6 is 0 Å². The lowest BCUT2D eigenvalue weighted by atomic mass is 10.1. The second-order valence-electron chi connectivity index (χ2n) is 6.51. The number of Topliss-reactive ketones (excluding diaryl/α,β-unsaturated/α-hetero) is 1. The molecule has 29 heavy (non-hydrogen) atoms. The highest BCUT2D eigenvalue weighted by molar-refractivity contribution is 6.00. The molecule has 0 bridgehead atoms. The molecule has 7 heteroatoms. The Kier molecular flexibility index (Phi) is 6.49. The molecule has 7 nitrogen and oxygen atoms in total. The lowest BCUT2D eigenvalue weighted by Crippen LogP contribution is -2.40. The van der Waals surface area contributed by atoms with E-state index in [2.05, 4.69) is 0 Å². The van der Waals surface area contributed by atoms with E-state index in [0.717, 1.165) is 0 Å². The van der Waals surface area contributed by atoms with Crippen molar-refractivity contribution in [2.75, 3.05) is 24.7 Å². The molecule has 0 radical (unpaired) electrons. The number of nitrogens with zero attached hydrogens (tertiary/aromatic N) is 1. The van der Waals surface area contributed by atoms with Crippen molar-refractivity contribution in [2.45, 2.75) is 26.4 Å². The highest BCUT2D eigenvalue weighted by Crippen LogP contribution is 2.31. The molecule has 0 aliphatic carbocycles. The van der Waals surface area contributed by atoms with Gasteiger partial charge in [-0.25, -0.2) is 0 Å². The largest absolute Gasteiger partial charge is 0.494 e. The Labute approximate surface area is 169 Å². The van der Waals surface area contributed by atoms with Crippen LogP contribution in [0.3, 0.4) is 0 Å². The third-order valence-electron chi connectivity index (χ3n) is 4.48. The summed E-state index contributed by atoms with van der Waals surface area (Å²) in [6.07, 6.45) is -0.950. The number of amides is 1. The third-order valence-corrected chi connectivity index (χ3v) is 4.48. The Morgan fingerprint density at radius 3 is 2.59 bits per heavy atom. The van der Waals surface area contributed by atoms with Crippen LogP contribution in [-0.4, -0.2) is 43.5 Å². The van der Waals surface area contributed by atoms with E-state index in [1.807, 2.05) is 13.0 Å². The van der Waals surface area contributed by atoms with E-state index in [-0.39, 0.29) is 31.3 Å². The molecule has 0 unspecified atom stereocenters. The Hall–Kier alpha value is -3.35. The molecule has 0 N–H and O–H groups in total. The molecule has 0 saturated carbocycles. The number of carbonyl (C=O) groups is 3. The average Bonchev–Trinajstić information content (AvgIpc) is 2.73. The van der Waals surface area contributed by atoms with Crippen LogP contribution in [0.2, 0.25) is 0 Å². The molecule has 0 aromatic heterocycles. The molecule has 0 spiro atoms. The van der Waals surface area contributed by atoms with Crippen LogP contribution in [0.5, 0.6) is 11.5 Å². The standard InChI is InChI=1S/C22H23NO6/c1-3-27-17-10-8-16(9-11-17)22(26)15(2)29-21(25)12-13-23-18-6-4-5-7-19(18)28-14-20(23)24/h4-11,15H,3,12-14H2,1-2H3/t15-/m1/s1. The van der Waals surface area contributed by atoms with Gasteiger partial charge in [-0.2, -0.15) is 0 Å². The van der Waals surface area contributed by atoms with E-state index >= 15 is 0 Å². The van der Waals surface area contributed by atoms with Crippen molar-refractivity contribution in [3.8, 4) is 11.5 Å². The van der Waals surface area contributed by atoms with E-state index in [1.165, 1.54) is 11.8 Å². The normalized spacial score (nSPS) is 13.9. The highest BCUT2D eigenvalue weighted by atomic mass is 16.5. The van der Waals surface area contributed by atoms with Gasteiger partial charge >= 0.3 is 5.97 Å². The molecule has 0 saturated heterocycles. The summed E-state index contributed by atoms with van der Waals surface area (Å²) in [7, 11) is 0. The number of ketones is 1. The number of carbonyl (C=O) groups excluding carboxylic acids is 3. The van der Waals surface area contributed by atoms with Gasteiger partial charge in [-0.1, -0.05) is 12.1 Å². The highest BCUT2D eigenvalue weighted by Gasteiger charge is 2.26. The first-order chi connectivity index (χ1) is 14.0. The molecule has 152 valence electrons. The summed E-state index contributed by atoms with van der Waals surface area (Å²) in [5.74, 6) is 0.196. The zero-order valence-corrected chi connectivity index (χ0v) is 16.4. The number of benzene rings is 2. The number of hydrogen-bond donors (Lipinski definition) is 0. The zero-order valence-electron chi connectivity index (χ0n) is 16.4. The van der Waals surface area contributed by atoms with Crippen molar-refractivity contribution in [3.63, 3.8) is 0 Å². The van der Waals surface area contributed by atoms with Crippen LogP contribution < -0.4 is 14.4 Å². The SMILES string of the molecule is CCOc1ccc(C(=O)[C@@H](C)OC(=O)CCN2C(=O)COc3ccccc32)cc1. The number of fused-ring (bicyclic) bond motifs is 1. The van der Waals surface area contributed by atoms with Crippen molar-refractivity contribution in [3.05, 3.63) is 54.1 Å². The minimum atomic E-state index is -0.923. The number of anilines is 1. The van der Waals surface area contributed by atoms with Gasteiger partial charge in [0.25, 0.3) is 5.91 Å². The second-order valence-corrected chi connectivity index (χ2v) is 6.51. The minimum Gasteiger partial charge on any atom is -0.494 e. The lowest BCUT2D eigenvalue weighted by molar-refractivity contribution is -0.146. The second kappa shape index (κ2) is 9.23. The van der Waals surface area contributed by atoms with E-state index in [4.69, 9.17) is 14.2 Å². The van der Waals surface area contributed by atoms with Crippen molar-refractivity contribution in [1.82, 2.24) is 0 Å². The van der Waals surface area contributed by atoms with E-state index in [0.29, 0.717) is 29.4 Å². The Bertz CT molecular complexity index is 892. The smallest absolute Gasteiger partial charge is 0.308 e. The summed E-state index contributed by atoms with van der Waals surface area (Å²) < 4.78 is 16.0. The first kappa shape index (κ1) is 20.4. The summed E-state index contributed by atoms with van der Waals surface area (Å²) in [6.45, 7) is 4.04. The first-order valence-electron chi connectivity index (χ1n) is 9.48. The molecule has 1 heterocycles. The van der Waals surface area contributed by atoms with Crippen molar-refractivity contribution >= 4 is 23.3 Å². The Morgan fingerprint density at radius 2 is 1.86 bits per heavy atom. The Morgan fingerprint density at radius 1 is 1.14 bits per heavy atom. The predicted molar refractivity (Wildman–Crippen MR) is 106 cm³/mol. The number of para-hydroxylation sites is 2. The third kappa shape index (κ3) is 4.93. The maximum atomic E-state index is 12.5. The maximum Gasteiger partial charge on any atom is 0.308 e. The summed E-state index contributed by atoms with van der Waals surface area (Å²) >= 11 is 0. The lowest BCUT2D eigenvalue weighted by Gasteiger charge is -2.29. The van der Waals surface area contributed by atoms with Gasteiger partial charge in [-0.15, -0.1) is 0 Å². The zero-order chi connectivity index (χ0) is 20.8. The van der Waals surface area contributed by atoms with Crippen molar-refractivity contribution < 1.29 is 28.6 Å². The topological polar surface area (TPSA) is 82.1 Å². The molecule has 2 aromatic carbocycles. The summed E-state index contributed by atoms with van der Waals surface area (Å²) in [5.41, 5.74) is 1.06. The van der Waals surface area contributed by atoms with E-state index < -0.39 is 12.1 Å². The fourth-order valence-corrected chi connectivity index (χ4v) is 3.03. The number of esters is 1. The number of ether oxygens (including phenoxy) is 3. The van der Waals surface area contributed by atoms with Crippen LogP contribution in [-0.2, 0) is 14.3 Å². The van der Waals surface area contributed by atoms with Gasteiger partial charge in [0, 0.05) is 12.1 Å². The summed E-state index contributed by atoms with van der Waals surface area (Å²) in [6, 6.07) is 13.8. The molecular weight excluding hydrogens is 374 g/mol. The van der Waals surface area contributed by atoms with E-state index in [9.17, 15) is 14.4 Å². The molecule has 3 rings (SSSR count). The molecule has 1 aliphatic rings. The van der Waals surface area contributed by atoms with Gasteiger partial charge in [0.05, 0.1) is 18.7 Å². The van der Waals surface area contributed by atoms with Crippen LogP contribution in [0.1, 0.15) is 30.6 Å². The minimum absolute atomic E-state index is 0.0268. The molecule has 1 aliphatic heterocycles. The van der Waals surface area contributed by atoms with Crippen molar-refractivity contribution in [2.24, 2.45) is 0 Å². The van der Waals surface area contributed by atoms with Crippen LogP contribution in [0.4, 0.5) is 5.69 Å². The number of rotatable bonds is 8. The molecule has 1 amide bonds. The van der Waals surface area contributed by atoms with Crippen LogP contribution in [0, 0.1) is 0 Å². The molecule has 0 fully saturated rings. The fraction of sp³-hybridized carbons (Fsp3) is 0.318. The van der Waals surface area contributed by atoms with Gasteiger partial charge < -0.3 is 19.1 Å². The summed E-state index contributed by atoms with van der Waals surface area (Å²) in [5, 5.41) is 0. The van der Waals surface area contributed by atoms with Gasteiger partial charge in [0.15, 0.2) is 12.7 Å². The van der Waals surface area contributed by atoms with Gasteiger partial charge in [0.1, 0.15) is 11.5 Å². The first-order valence-corrected chi connectivity index (χ1v) is 9.48. The molecule has 2 aromatic rings. The quantitative estimate of drug-likeness (QED) is 0.503. The number of hydrogen-bond acceptors (Lipinski definition) is 6. The molecule has 1 atom stereocenters. The monoisotopic (exact) mass is 397 g/mol. The Balaban J connectivity index is 1.55. The van der Waals surface area contributed by atoms with Gasteiger partial charge in [-0.3, -0.25) is 14.4 Å². The van der Waals surface area contributed by atoms with Gasteiger partial charge in [-0.05, 0) is 50.2 Å². The van der Waals surface area contributed by atoms with Gasteiger partial charge in [0.2, 0.25) is 5.78 Å². The summed E-state index contributed by atoms with van der Waals surface area (Å²) in [4.78, 5) is 38.3. The van der Waals surface area contributed by atoms with E-state index in [1.54, 1.807) is 42.5 Å². The maximum absolute atomic E-state index is 12.5. The van der Waals surface area contributed by atoms with Crippen LogP contribution in [0.25, 0.3) is 0 Å². The molecular formula is C22H23NO6.